The number of hydrogen-bond donors (Lipinski definition) is 0. The van der Waals surface area contributed by atoms with Gasteiger partial charge in [-0.3, -0.25) is 14.5 Å². The molecular weight excluding hydrogens is 433 g/mol. The summed E-state index contributed by atoms with van der Waals surface area (Å²) < 4.78 is 20.2. The van der Waals surface area contributed by atoms with Crippen molar-refractivity contribution in [2.75, 3.05) is 52.4 Å². The molecule has 3 aliphatic rings. The Bertz CT molecular complexity index is 834. The maximum Gasteiger partial charge on any atom is 0.225 e. The van der Waals surface area contributed by atoms with Crippen molar-refractivity contribution in [3.63, 3.8) is 0 Å². The first-order valence-corrected chi connectivity index (χ1v) is 13.2. The lowest BCUT2D eigenvalue weighted by Crippen LogP contribution is -2.51. The fraction of sp³-hybridized carbons (Fsp3) is 0.704. The number of carbonyl (C=O) groups excluding carboxylic acids is 2. The third kappa shape index (κ3) is 6.57. The van der Waals surface area contributed by atoms with E-state index in [0.29, 0.717) is 50.3 Å². The molecule has 0 aromatic heterocycles. The molecule has 34 heavy (non-hydrogen) atoms. The van der Waals surface area contributed by atoms with Gasteiger partial charge in [0.15, 0.2) is 17.3 Å². The summed E-state index contributed by atoms with van der Waals surface area (Å²) in [7, 11) is 0. The van der Waals surface area contributed by atoms with Crippen molar-refractivity contribution in [1.29, 1.82) is 0 Å². The largest absolute Gasteiger partial charge is 0.490 e. The molecule has 1 atom stereocenters. The van der Waals surface area contributed by atoms with Crippen molar-refractivity contribution in [3.8, 4) is 5.75 Å². The van der Waals surface area contributed by atoms with Gasteiger partial charge in [0.05, 0.1) is 13.2 Å². The number of piperazine rings is 1. The highest BCUT2D eigenvalue weighted by atomic mass is 19.1. The molecule has 7 heteroatoms. The zero-order valence-electron chi connectivity index (χ0n) is 20.6. The van der Waals surface area contributed by atoms with Gasteiger partial charge in [0.25, 0.3) is 0 Å². The van der Waals surface area contributed by atoms with Crippen molar-refractivity contribution in [1.82, 2.24) is 14.7 Å². The Hall–Kier alpha value is -1.99. The number of nitrogens with zero attached hydrogens (tertiary/aromatic N) is 3. The molecule has 2 heterocycles. The van der Waals surface area contributed by atoms with Crippen molar-refractivity contribution in [2.24, 2.45) is 5.92 Å². The monoisotopic (exact) mass is 473 g/mol. The van der Waals surface area contributed by atoms with E-state index in [4.69, 9.17) is 4.74 Å². The van der Waals surface area contributed by atoms with Gasteiger partial charge in [-0.25, -0.2) is 4.39 Å². The fourth-order valence-corrected chi connectivity index (χ4v) is 5.59. The highest BCUT2D eigenvalue weighted by molar-refractivity contribution is 5.97. The van der Waals surface area contributed by atoms with Crippen LogP contribution in [0.1, 0.15) is 68.6 Å². The van der Waals surface area contributed by atoms with E-state index in [0.717, 1.165) is 45.2 Å². The summed E-state index contributed by atoms with van der Waals surface area (Å²) in [4.78, 5) is 32.0. The third-order valence-electron chi connectivity index (χ3n) is 7.80. The molecule has 0 radical (unpaired) electrons. The van der Waals surface area contributed by atoms with Crippen LogP contribution in [0.15, 0.2) is 18.2 Å². The Kier molecular flexibility index (Phi) is 8.95. The quantitative estimate of drug-likeness (QED) is 0.401. The molecule has 1 aromatic rings. The number of Topliss-reactive ketones (excluding diaryl/α,β-unsaturated/α-hetero) is 1. The second-order valence-corrected chi connectivity index (χ2v) is 10.2. The highest BCUT2D eigenvalue weighted by Crippen LogP contribution is 2.26. The average Bonchev–Trinajstić information content (AvgIpc) is 3.27. The van der Waals surface area contributed by atoms with E-state index in [9.17, 15) is 14.0 Å². The molecule has 3 fully saturated rings. The number of amides is 1. The van der Waals surface area contributed by atoms with Crippen LogP contribution in [-0.2, 0) is 4.79 Å². The van der Waals surface area contributed by atoms with E-state index in [2.05, 4.69) is 16.7 Å². The minimum Gasteiger partial charge on any atom is -0.490 e. The normalized spacial score (nSPS) is 22.8. The molecule has 0 bridgehead atoms. The van der Waals surface area contributed by atoms with E-state index in [1.54, 1.807) is 12.1 Å². The number of carbonyl (C=O) groups is 2. The van der Waals surface area contributed by atoms with Crippen LogP contribution in [0.25, 0.3) is 0 Å². The molecule has 6 nitrogen and oxygen atoms in total. The van der Waals surface area contributed by atoms with E-state index in [-0.39, 0.29) is 24.0 Å². The number of benzene rings is 1. The lowest BCUT2D eigenvalue weighted by atomic mass is 9.88. The number of halogens is 1. The van der Waals surface area contributed by atoms with Crippen LogP contribution in [0.5, 0.6) is 5.75 Å². The van der Waals surface area contributed by atoms with Crippen LogP contribution in [0.3, 0.4) is 0 Å². The van der Waals surface area contributed by atoms with Crippen molar-refractivity contribution in [3.05, 3.63) is 29.6 Å². The highest BCUT2D eigenvalue weighted by Gasteiger charge is 2.29. The van der Waals surface area contributed by atoms with Gasteiger partial charge in [-0.05, 0) is 63.8 Å². The van der Waals surface area contributed by atoms with Gasteiger partial charge in [0.1, 0.15) is 0 Å². The van der Waals surface area contributed by atoms with Gasteiger partial charge in [-0.2, -0.15) is 0 Å². The van der Waals surface area contributed by atoms with E-state index >= 15 is 0 Å². The van der Waals surface area contributed by atoms with E-state index in [1.807, 2.05) is 4.90 Å². The molecule has 0 spiro atoms. The lowest BCUT2D eigenvalue weighted by Gasteiger charge is -2.36. The SMILES string of the molecule is CC1CCCN1CCCOc1ccc(C(=O)CN2CCN(C(=O)C3CCCCC3)CC2)cc1F. The minimum absolute atomic E-state index is 0.0967. The standard InChI is InChI=1S/C27H40FN3O3/c1-21-7-5-12-30(21)13-6-18-34-26-11-10-23(19-24(26)28)25(32)20-29-14-16-31(17-15-29)27(33)22-8-3-2-4-9-22/h10-11,19,21-22H,2-9,12-18,20H2,1H3. The Morgan fingerprint density at radius 3 is 2.44 bits per heavy atom. The van der Waals surface area contributed by atoms with Crippen molar-refractivity contribution in [2.45, 2.75) is 64.3 Å². The second kappa shape index (κ2) is 12.1. The Morgan fingerprint density at radius 1 is 1.00 bits per heavy atom. The van der Waals surface area contributed by atoms with Crippen molar-refractivity contribution >= 4 is 11.7 Å². The predicted molar refractivity (Wildman–Crippen MR) is 131 cm³/mol. The summed E-state index contributed by atoms with van der Waals surface area (Å²) >= 11 is 0. The predicted octanol–water partition coefficient (Wildman–Crippen LogP) is 3.99. The number of rotatable bonds is 9. The van der Waals surface area contributed by atoms with Gasteiger partial charge in [-0.1, -0.05) is 19.3 Å². The van der Waals surface area contributed by atoms with E-state index < -0.39 is 5.82 Å². The first-order valence-electron chi connectivity index (χ1n) is 13.2. The lowest BCUT2D eigenvalue weighted by molar-refractivity contribution is -0.138. The first-order chi connectivity index (χ1) is 16.5. The molecule has 4 rings (SSSR count). The van der Waals surface area contributed by atoms with Crippen LogP contribution in [0.4, 0.5) is 4.39 Å². The Labute approximate surface area is 203 Å². The second-order valence-electron chi connectivity index (χ2n) is 10.2. The molecule has 188 valence electrons. The van der Waals surface area contributed by atoms with Crippen molar-refractivity contribution < 1.29 is 18.7 Å². The third-order valence-corrected chi connectivity index (χ3v) is 7.80. The summed E-state index contributed by atoms with van der Waals surface area (Å²) in [5.41, 5.74) is 0.372. The maximum absolute atomic E-state index is 14.6. The fourth-order valence-electron chi connectivity index (χ4n) is 5.59. The smallest absolute Gasteiger partial charge is 0.225 e. The minimum atomic E-state index is -0.483. The topological polar surface area (TPSA) is 53.1 Å². The van der Waals surface area contributed by atoms with Gasteiger partial charge in [-0.15, -0.1) is 0 Å². The Morgan fingerprint density at radius 2 is 1.76 bits per heavy atom. The zero-order valence-corrected chi connectivity index (χ0v) is 20.6. The number of likely N-dealkylation sites (tertiary alicyclic amines) is 1. The summed E-state index contributed by atoms with van der Waals surface area (Å²) in [6.07, 6.45) is 8.94. The van der Waals surface area contributed by atoms with Gasteiger partial charge in [0, 0.05) is 50.2 Å². The van der Waals surface area contributed by atoms with E-state index in [1.165, 1.54) is 25.3 Å². The number of hydrogen-bond acceptors (Lipinski definition) is 5. The molecule has 1 unspecified atom stereocenters. The molecule has 2 saturated heterocycles. The summed E-state index contributed by atoms with van der Waals surface area (Å²) in [5, 5.41) is 0. The zero-order chi connectivity index (χ0) is 23.9. The first kappa shape index (κ1) is 25.1. The summed E-state index contributed by atoms with van der Waals surface area (Å²) in [6.45, 7) is 7.78. The molecule has 1 saturated carbocycles. The number of ketones is 1. The van der Waals surface area contributed by atoms with Crippen LogP contribution in [0, 0.1) is 11.7 Å². The number of ether oxygens (including phenoxy) is 1. The summed E-state index contributed by atoms with van der Waals surface area (Å²) in [5.74, 6) is 0.109. The summed E-state index contributed by atoms with van der Waals surface area (Å²) in [6, 6.07) is 5.15. The maximum atomic E-state index is 14.6. The molecule has 1 amide bonds. The van der Waals surface area contributed by atoms with Gasteiger partial charge in [0.2, 0.25) is 5.91 Å². The van der Waals surface area contributed by atoms with Gasteiger partial charge < -0.3 is 14.5 Å². The molecule has 1 aliphatic carbocycles. The average molecular weight is 474 g/mol. The van der Waals surface area contributed by atoms with Crippen LogP contribution in [0.2, 0.25) is 0 Å². The molecule has 0 N–H and O–H groups in total. The van der Waals surface area contributed by atoms with Crippen LogP contribution >= 0.6 is 0 Å². The molecular formula is C27H40FN3O3. The molecule has 1 aromatic carbocycles. The van der Waals surface area contributed by atoms with Crippen LogP contribution in [-0.4, -0.2) is 84.9 Å². The Balaban J connectivity index is 1.19. The van der Waals surface area contributed by atoms with Crippen LogP contribution < -0.4 is 4.74 Å². The molecule has 2 aliphatic heterocycles. The van der Waals surface area contributed by atoms with Gasteiger partial charge >= 0.3 is 0 Å².